The first-order valence-electron chi connectivity index (χ1n) is 10.9. The second-order valence-electron chi connectivity index (χ2n) is 8.21. The van der Waals surface area contributed by atoms with E-state index in [9.17, 15) is 27.6 Å². The van der Waals surface area contributed by atoms with Crippen LogP contribution in [0, 0.1) is 5.82 Å². The van der Waals surface area contributed by atoms with E-state index in [0.717, 1.165) is 11.0 Å². The average Bonchev–Trinajstić information content (AvgIpc) is 2.76. The Labute approximate surface area is 200 Å². The molecule has 2 N–H and O–H groups in total. The quantitative estimate of drug-likeness (QED) is 0.480. The maximum Gasteiger partial charge on any atom is 0.252 e. The largest absolute Gasteiger partial charge is 0.351 e. The summed E-state index contributed by atoms with van der Waals surface area (Å²) in [6.45, 7) is 1.81. The number of nitrogens with one attached hydrogen (secondary N) is 2. The van der Waals surface area contributed by atoms with Gasteiger partial charge >= 0.3 is 0 Å². The molecule has 1 unspecified atom stereocenters. The van der Waals surface area contributed by atoms with Crippen molar-refractivity contribution < 1.29 is 27.6 Å². The molecule has 3 rings (SSSR count). The standard InChI is InChI=1S/C24H25ClF3N3O3/c1-2-6-20(29-14-32)23(34)31(17-8-5-7-15(26)11-17)21(18-9-3-4-10-19(18)25)22(33)30-16-12-24(27,28)13-16/h3-5,7-11,14,16,20-21H,2,6,12-13H2,1H3,(H,29,32)(H,30,33)/t20-,21?/m0/s1. The van der Waals surface area contributed by atoms with Gasteiger partial charge in [-0.1, -0.05) is 49.2 Å². The van der Waals surface area contributed by atoms with Crippen molar-refractivity contribution in [3.63, 3.8) is 0 Å². The van der Waals surface area contributed by atoms with Gasteiger partial charge in [0.25, 0.3) is 11.8 Å². The molecule has 2 atom stereocenters. The van der Waals surface area contributed by atoms with Gasteiger partial charge in [0.2, 0.25) is 12.3 Å². The van der Waals surface area contributed by atoms with E-state index in [-0.39, 0.29) is 22.7 Å². The number of carbonyl (C=O) groups is 3. The Balaban J connectivity index is 2.10. The number of hydrogen-bond acceptors (Lipinski definition) is 3. The zero-order chi connectivity index (χ0) is 24.9. The maximum atomic E-state index is 14.2. The number of rotatable bonds is 10. The van der Waals surface area contributed by atoms with Crippen LogP contribution < -0.4 is 15.5 Å². The second kappa shape index (κ2) is 10.9. The zero-order valence-electron chi connectivity index (χ0n) is 18.4. The number of amides is 3. The predicted octanol–water partition coefficient (Wildman–Crippen LogP) is 4.38. The first-order valence-corrected chi connectivity index (χ1v) is 11.3. The summed E-state index contributed by atoms with van der Waals surface area (Å²) < 4.78 is 40.9. The van der Waals surface area contributed by atoms with Crippen molar-refractivity contribution in [2.75, 3.05) is 4.90 Å². The summed E-state index contributed by atoms with van der Waals surface area (Å²) >= 11 is 6.38. The van der Waals surface area contributed by atoms with E-state index in [1.54, 1.807) is 12.1 Å². The molecule has 3 amide bonds. The summed E-state index contributed by atoms with van der Waals surface area (Å²) in [5.41, 5.74) is 0.282. The van der Waals surface area contributed by atoms with Gasteiger partial charge in [-0.3, -0.25) is 19.3 Å². The molecule has 2 aromatic carbocycles. The molecule has 0 bridgehead atoms. The number of nitrogens with zero attached hydrogens (tertiary/aromatic N) is 1. The van der Waals surface area contributed by atoms with Crippen molar-refractivity contribution >= 4 is 35.5 Å². The summed E-state index contributed by atoms with van der Waals surface area (Å²) in [5, 5.41) is 5.18. The van der Waals surface area contributed by atoms with Crippen molar-refractivity contribution in [2.24, 2.45) is 0 Å². The molecular weight excluding hydrogens is 471 g/mol. The van der Waals surface area contributed by atoms with Crippen LogP contribution >= 0.6 is 11.6 Å². The first kappa shape index (κ1) is 25.6. The molecule has 182 valence electrons. The Morgan fingerprint density at radius 1 is 1.21 bits per heavy atom. The molecule has 6 nitrogen and oxygen atoms in total. The molecule has 0 aliphatic heterocycles. The van der Waals surface area contributed by atoms with Crippen LogP contribution in [0.25, 0.3) is 0 Å². The van der Waals surface area contributed by atoms with Crippen molar-refractivity contribution in [1.29, 1.82) is 0 Å². The third-order valence-corrected chi connectivity index (χ3v) is 5.96. The van der Waals surface area contributed by atoms with Crippen molar-refractivity contribution in [3.05, 3.63) is 64.9 Å². The van der Waals surface area contributed by atoms with E-state index in [1.165, 1.54) is 30.3 Å². The van der Waals surface area contributed by atoms with Gasteiger partial charge in [0.05, 0.1) is 0 Å². The average molecular weight is 496 g/mol. The minimum absolute atomic E-state index is 0.0535. The molecule has 0 aromatic heterocycles. The van der Waals surface area contributed by atoms with Crippen LogP contribution in [0.2, 0.25) is 5.02 Å². The van der Waals surface area contributed by atoms with E-state index in [1.807, 2.05) is 6.92 Å². The summed E-state index contributed by atoms with van der Waals surface area (Å²) in [7, 11) is 0. The minimum atomic E-state index is -2.87. The van der Waals surface area contributed by atoms with Crippen LogP contribution in [0.15, 0.2) is 48.5 Å². The molecular formula is C24H25ClF3N3O3. The maximum absolute atomic E-state index is 14.2. The molecule has 0 radical (unpaired) electrons. The minimum Gasteiger partial charge on any atom is -0.351 e. The number of hydrogen-bond donors (Lipinski definition) is 2. The first-order chi connectivity index (χ1) is 16.2. The Bertz CT molecular complexity index is 1040. The summed E-state index contributed by atoms with van der Waals surface area (Å²) in [6.07, 6.45) is 0.131. The highest BCUT2D eigenvalue weighted by Crippen LogP contribution is 2.39. The number of alkyl halides is 2. The fourth-order valence-corrected chi connectivity index (χ4v) is 4.22. The lowest BCUT2D eigenvalue weighted by molar-refractivity contribution is -0.133. The van der Waals surface area contributed by atoms with Gasteiger partial charge in [0.1, 0.15) is 17.9 Å². The van der Waals surface area contributed by atoms with Gasteiger partial charge < -0.3 is 10.6 Å². The number of carbonyl (C=O) groups excluding carboxylic acids is 3. The Morgan fingerprint density at radius 3 is 2.50 bits per heavy atom. The normalized spacial score (nSPS) is 16.6. The van der Waals surface area contributed by atoms with Gasteiger partial charge in [0.15, 0.2) is 0 Å². The van der Waals surface area contributed by atoms with Crippen molar-refractivity contribution in [2.45, 2.75) is 56.7 Å². The van der Waals surface area contributed by atoms with E-state index < -0.39 is 54.5 Å². The lowest BCUT2D eigenvalue weighted by atomic mass is 9.87. The fraction of sp³-hybridized carbons (Fsp3) is 0.375. The molecule has 2 aromatic rings. The Hall–Kier alpha value is -3.07. The molecule has 1 aliphatic carbocycles. The zero-order valence-corrected chi connectivity index (χ0v) is 19.2. The molecule has 0 heterocycles. The summed E-state index contributed by atoms with van der Waals surface area (Å²) in [5.74, 6) is -4.93. The summed E-state index contributed by atoms with van der Waals surface area (Å²) in [6, 6.07) is 8.20. The summed E-state index contributed by atoms with van der Waals surface area (Å²) in [4.78, 5) is 39.4. The van der Waals surface area contributed by atoms with Crippen LogP contribution in [0.5, 0.6) is 0 Å². The number of anilines is 1. The Morgan fingerprint density at radius 2 is 1.91 bits per heavy atom. The van der Waals surface area contributed by atoms with E-state index >= 15 is 0 Å². The molecule has 1 fully saturated rings. The van der Waals surface area contributed by atoms with Crippen LogP contribution in [-0.4, -0.2) is 36.2 Å². The molecule has 10 heteroatoms. The van der Waals surface area contributed by atoms with Gasteiger partial charge in [-0.05, 0) is 30.7 Å². The molecule has 1 aliphatic rings. The van der Waals surface area contributed by atoms with Gasteiger partial charge in [-0.15, -0.1) is 0 Å². The third kappa shape index (κ3) is 5.88. The third-order valence-electron chi connectivity index (χ3n) is 5.61. The number of halogens is 4. The smallest absolute Gasteiger partial charge is 0.252 e. The van der Waals surface area contributed by atoms with Gasteiger partial charge in [0, 0.05) is 35.2 Å². The highest BCUT2D eigenvalue weighted by atomic mass is 35.5. The lowest BCUT2D eigenvalue weighted by Crippen LogP contribution is -2.56. The molecule has 0 saturated heterocycles. The van der Waals surface area contributed by atoms with Crippen LogP contribution in [0.1, 0.15) is 44.2 Å². The highest BCUT2D eigenvalue weighted by molar-refractivity contribution is 6.31. The van der Waals surface area contributed by atoms with E-state index in [2.05, 4.69) is 10.6 Å². The molecule has 34 heavy (non-hydrogen) atoms. The SMILES string of the molecule is CCC[C@H](NC=O)C(=O)N(c1cccc(F)c1)C(C(=O)NC1CC(F)(F)C1)c1ccccc1Cl. The van der Waals surface area contributed by atoms with Crippen LogP contribution in [0.4, 0.5) is 18.9 Å². The second-order valence-corrected chi connectivity index (χ2v) is 8.61. The fourth-order valence-electron chi connectivity index (χ4n) is 3.98. The van der Waals surface area contributed by atoms with Crippen LogP contribution in [-0.2, 0) is 14.4 Å². The molecule has 0 spiro atoms. The van der Waals surface area contributed by atoms with Crippen molar-refractivity contribution in [3.8, 4) is 0 Å². The van der Waals surface area contributed by atoms with Gasteiger partial charge in [-0.25, -0.2) is 13.2 Å². The highest BCUT2D eigenvalue weighted by Gasteiger charge is 2.47. The number of benzene rings is 2. The van der Waals surface area contributed by atoms with Crippen molar-refractivity contribution in [1.82, 2.24) is 10.6 Å². The lowest BCUT2D eigenvalue weighted by Gasteiger charge is -2.39. The molecule has 1 saturated carbocycles. The predicted molar refractivity (Wildman–Crippen MR) is 122 cm³/mol. The van der Waals surface area contributed by atoms with E-state index in [4.69, 9.17) is 11.6 Å². The van der Waals surface area contributed by atoms with Crippen LogP contribution in [0.3, 0.4) is 0 Å². The topological polar surface area (TPSA) is 78.5 Å². The van der Waals surface area contributed by atoms with E-state index in [0.29, 0.717) is 12.8 Å². The van der Waals surface area contributed by atoms with Gasteiger partial charge in [-0.2, -0.15) is 0 Å². The Kier molecular flexibility index (Phi) is 8.19. The monoisotopic (exact) mass is 495 g/mol.